The van der Waals surface area contributed by atoms with E-state index in [1.165, 1.54) is 0 Å². The van der Waals surface area contributed by atoms with Gasteiger partial charge in [-0.05, 0) is 12.8 Å². The van der Waals surface area contributed by atoms with Gasteiger partial charge in [0.2, 0.25) is 0 Å². The van der Waals surface area contributed by atoms with Gasteiger partial charge < -0.3 is 10.1 Å². The molecule has 82 valence electrons. The molecule has 14 heavy (non-hydrogen) atoms. The molecule has 0 amide bonds. The summed E-state index contributed by atoms with van der Waals surface area (Å²) in [4.78, 5) is 10.0. The lowest BCUT2D eigenvalue weighted by Gasteiger charge is -2.23. The Morgan fingerprint density at radius 3 is 2.43 bits per heavy atom. The first-order chi connectivity index (χ1) is 6.48. The fourth-order valence-corrected chi connectivity index (χ4v) is 1.03. The van der Waals surface area contributed by atoms with E-state index in [2.05, 4.69) is 32.7 Å². The first kappa shape index (κ1) is 13.2. The van der Waals surface area contributed by atoms with E-state index in [9.17, 15) is 4.79 Å². The van der Waals surface area contributed by atoms with Crippen LogP contribution in [-0.2, 0) is 4.79 Å². The minimum absolute atomic E-state index is 0.142. The van der Waals surface area contributed by atoms with E-state index in [1.54, 1.807) is 0 Å². The summed E-state index contributed by atoms with van der Waals surface area (Å²) in [5.41, 5.74) is 1.23. The third-order valence-electron chi connectivity index (χ3n) is 2.24. The minimum atomic E-state index is 0.142. The predicted octanol–water partition coefficient (Wildman–Crippen LogP) is 2.90. The molecule has 0 fully saturated rings. The average molecular weight is 197 g/mol. The van der Waals surface area contributed by atoms with E-state index in [0.717, 1.165) is 37.8 Å². The molecule has 0 saturated carbocycles. The van der Waals surface area contributed by atoms with Crippen molar-refractivity contribution in [3.63, 3.8) is 0 Å². The van der Waals surface area contributed by atoms with Gasteiger partial charge in [0.05, 0.1) is 0 Å². The van der Waals surface area contributed by atoms with Crippen molar-refractivity contribution in [1.82, 2.24) is 5.32 Å². The molecule has 0 radical (unpaired) electrons. The summed E-state index contributed by atoms with van der Waals surface area (Å²) in [5.74, 6) is 0. The average Bonchev–Trinajstić information content (AvgIpc) is 2.09. The van der Waals surface area contributed by atoms with Crippen LogP contribution in [0.25, 0.3) is 0 Å². The summed E-state index contributed by atoms with van der Waals surface area (Å²) < 4.78 is 0. The highest BCUT2D eigenvalue weighted by atomic mass is 16.1. The first-order valence-electron chi connectivity index (χ1n) is 5.35. The lowest BCUT2D eigenvalue weighted by molar-refractivity contribution is -0.107. The van der Waals surface area contributed by atoms with E-state index in [0.29, 0.717) is 6.42 Å². The number of nitrogens with one attached hydrogen (secondary N) is 1. The zero-order chi connectivity index (χ0) is 11.0. The largest absolute Gasteiger partial charge is 0.388 e. The summed E-state index contributed by atoms with van der Waals surface area (Å²) in [6.45, 7) is 11.4. The summed E-state index contributed by atoms with van der Waals surface area (Å²) in [5, 5.41) is 3.32. The Kier molecular flexibility index (Phi) is 6.26. The van der Waals surface area contributed by atoms with Crippen LogP contribution in [0.3, 0.4) is 0 Å². The third-order valence-corrected chi connectivity index (χ3v) is 2.24. The Labute approximate surface area is 87.8 Å². The Morgan fingerprint density at radius 1 is 1.29 bits per heavy atom. The van der Waals surface area contributed by atoms with E-state index in [1.807, 2.05) is 0 Å². The normalized spacial score (nSPS) is 11.1. The Balaban J connectivity index is 3.37. The van der Waals surface area contributed by atoms with Crippen LogP contribution < -0.4 is 5.32 Å². The summed E-state index contributed by atoms with van der Waals surface area (Å²) in [6, 6.07) is 0. The zero-order valence-corrected chi connectivity index (χ0v) is 9.73. The van der Waals surface area contributed by atoms with Crippen molar-refractivity contribution in [2.45, 2.75) is 46.5 Å². The van der Waals surface area contributed by atoms with Gasteiger partial charge in [-0.1, -0.05) is 33.8 Å². The molecule has 0 aliphatic rings. The maximum absolute atomic E-state index is 10.0. The molecule has 0 heterocycles. The molecule has 0 aliphatic carbocycles. The highest BCUT2D eigenvalue weighted by Crippen LogP contribution is 2.20. The minimum Gasteiger partial charge on any atom is -0.388 e. The Bertz CT molecular complexity index is 179. The number of aldehydes is 1. The molecular formula is C12H23NO. The number of rotatable bonds is 7. The van der Waals surface area contributed by atoms with Gasteiger partial charge in [0, 0.05) is 24.1 Å². The second-order valence-electron chi connectivity index (χ2n) is 4.67. The molecule has 0 saturated heterocycles. The van der Waals surface area contributed by atoms with Crippen LogP contribution in [0.5, 0.6) is 0 Å². The van der Waals surface area contributed by atoms with Crippen molar-refractivity contribution in [1.29, 1.82) is 0 Å². The lowest BCUT2D eigenvalue weighted by Crippen LogP contribution is -2.24. The van der Waals surface area contributed by atoms with Crippen LogP contribution in [0, 0.1) is 5.41 Å². The Morgan fingerprint density at radius 2 is 1.93 bits per heavy atom. The van der Waals surface area contributed by atoms with Crippen molar-refractivity contribution in [3.05, 3.63) is 12.3 Å². The number of carbonyl (C=O) groups is 1. The number of hydrogen-bond acceptors (Lipinski definition) is 2. The van der Waals surface area contributed by atoms with Crippen LogP contribution in [-0.4, -0.2) is 12.8 Å². The maximum Gasteiger partial charge on any atom is 0.119 e. The Hall–Kier alpha value is -0.790. The molecule has 0 unspecified atom stereocenters. The van der Waals surface area contributed by atoms with Gasteiger partial charge in [0.25, 0.3) is 0 Å². The van der Waals surface area contributed by atoms with Crippen LogP contribution >= 0.6 is 0 Å². The van der Waals surface area contributed by atoms with Crippen LogP contribution in [0.15, 0.2) is 12.3 Å². The third kappa shape index (κ3) is 6.70. The highest BCUT2D eigenvalue weighted by molar-refractivity contribution is 5.48. The van der Waals surface area contributed by atoms with Gasteiger partial charge in [-0.2, -0.15) is 0 Å². The summed E-state index contributed by atoms with van der Waals surface area (Å²) >= 11 is 0. The van der Waals surface area contributed by atoms with Gasteiger partial charge in [-0.3, -0.25) is 0 Å². The molecule has 0 aromatic heterocycles. The highest BCUT2D eigenvalue weighted by Gasteiger charge is 2.13. The topological polar surface area (TPSA) is 29.1 Å². The summed E-state index contributed by atoms with van der Waals surface area (Å²) in [6.07, 6.45) is 4.92. The number of allylic oxidation sites excluding steroid dienone is 1. The van der Waals surface area contributed by atoms with Crippen molar-refractivity contribution in [3.8, 4) is 0 Å². The van der Waals surface area contributed by atoms with Crippen LogP contribution in [0.1, 0.15) is 46.5 Å². The fraction of sp³-hybridized carbons (Fsp3) is 0.750. The number of hydrogen-bond donors (Lipinski definition) is 1. The lowest BCUT2D eigenvalue weighted by atomic mass is 9.93. The van der Waals surface area contributed by atoms with Gasteiger partial charge in [0.1, 0.15) is 6.29 Å². The van der Waals surface area contributed by atoms with Gasteiger partial charge in [0.15, 0.2) is 0 Å². The van der Waals surface area contributed by atoms with Gasteiger partial charge in [-0.25, -0.2) is 0 Å². The SMILES string of the molecule is C=C(NCCCCCC=O)C(C)(C)C. The maximum atomic E-state index is 10.0. The first-order valence-corrected chi connectivity index (χ1v) is 5.35. The van der Waals surface area contributed by atoms with Crippen molar-refractivity contribution >= 4 is 6.29 Å². The smallest absolute Gasteiger partial charge is 0.119 e. The van der Waals surface area contributed by atoms with E-state index in [-0.39, 0.29) is 5.41 Å². The summed E-state index contributed by atoms with van der Waals surface area (Å²) in [7, 11) is 0. The monoisotopic (exact) mass is 197 g/mol. The molecule has 0 bridgehead atoms. The van der Waals surface area contributed by atoms with Crippen LogP contribution in [0.4, 0.5) is 0 Å². The van der Waals surface area contributed by atoms with Gasteiger partial charge in [-0.15, -0.1) is 0 Å². The molecular weight excluding hydrogens is 174 g/mol. The molecule has 2 nitrogen and oxygen atoms in total. The molecule has 2 heteroatoms. The van der Waals surface area contributed by atoms with E-state index >= 15 is 0 Å². The number of carbonyl (C=O) groups excluding carboxylic acids is 1. The van der Waals surface area contributed by atoms with Crippen molar-refractivity contribution in [2.24, 2.45) is 5.41 Å². The molecule has 0 aromatic carbocycles. The zero-order valence-electron chi connectivity index (χ0n) is 9.73. The predicted molar refractivity (Wildman–Crippen MR) is 61.1 cm³/mol. The molecule has 0 atom stereocenters. The fourth-order valence-electron chi connectivity index (χ4n) is 1.03. The molecule has 0 spiro atoms. The van der Waals surface area contributed by atoms with E-state index in [4.69, 9.17) is 0 Å². The molecule has 0 aromatic rings. The molecule has 1 N–H and O–H groups in total. The molecule has 0 rings (SSSR count). The second-order valence-corrected chi connectivity index (χ2v) is 4.67. The number of unbranched alkanes of at least 4 members (excludes halogenated alkanes) is 3. The van der Waals surface area contributed by atoms with Crippen LogP contribution in [0.2, 0.25) is 0 Å². The quantitative estimate of drug-likeness (QED) is 0.502. The van der Waals surface area contributed by atoms with E-state index < -0.39 is 0 Å². The van der Waals surface area contributed by atoms with Crippen molar-refractivity contribution in [2.75, 3.05) is 6.54 Å². The second kappa shape index (κ2) is 6.63. The standard InChI is InChI=1S/C12H23NO/c1-11(12(2,3)4)13-9-7-5-6-8-10-14/h10,13H,1,5-9H2,2-4H3. The molecule has 0 aliphatic heterocycles. The van der Waals surface area contributed by atoms with Crippen molar-refractivity contribution < 1.29 is 4.79 Å². The van der Waals surface area contributed by atoms with Gasteiger partial charge >= 0.3 is 0 Å².